The third kappa shape index (κ3) is 1.82. The first kappa shape index (κ1) is 11.4. The van der Waals surface area contributed by atoms with E-state index in [2.05, 4.69) is 0 Å². The Balaban J connectivity index is 2.06. The zero-order valence-electron chi connectivity index (χ0n) is 9.81. The quantitative estimate of drug-likeness (QED) is 0.757. The molecule has 1 unspecified atom stereocenters. The van der Waals surface area contributed by atoms with Gasteiger partial charge in [0, 0.05) is 5.39 Å². The van der Waals surface area contributed by atoms with Crippen LogP contribution in [0.5, 0.6) is 0 Å². The summed E-state index contributed by atoms with van der Waals surface area (Å²) in [4.78, 5) is 0. The van der Waals surface area contributed by atoms with Gasteiger partial charge in [0.15, 0.2) is 5.22 Å². The number of rotatable bonds is 2. The first-order valence-corrected chi connectivity index (χ1v) is 6.03. The molecule has 0 fully saturated rings. The smallest absolute Gasteiger partial charge is 0.193 e. The molecule has 18 heavy (non-hydrogen) atoms. The van der Waals surface area contributed by atoms with Crippen molar-refractivity contribution in [3.8, 4) is 0 Å². The minimum Gasteiger partial charge on any atom is -0.459 e. The van der Waals surface area contributed by atoms with Gasteiger partial charge in [-0.2, -0.15) is 0 Å². The topological polar surface area (TPSA) is 52.3 Å². The van der Waals surface area contributed by atoms with E-state index in [0.717, 1.165) is 16.5 Å². The highest BCUT2D eigenvalue weighted by Crippen LogP contribution is 2.29. The maximum atomic E-state index is 6.10. The minimum absolute atomic E-state index is 0.327. The Bertz CT molecular complexity index is 699. The van der Waals surface area contributed by atoms with Crippen LogP contribution in [0.2, 0.25) is 5.22 Å². The monoisotopic (exact) mass is 261 g/mol. The minimum atomic E-state index is -0.440. The molecule has 0 radical (unpaired) electrons. The Kier molecular flexibility index (Phi) is 2.65. The highest BCUT2D eigenvalue weighted by Gasteiger charge is 2.18. The molecule has 3 rings (SSSR count). The summed E-state index contributed by atoms with van der Waals surface area (Å²) < 4.78 is 11.1. The second-order valence-electron chi connectivity index (χ2n) is 4.26. The van der Waals surface area contributed by atoms with E-state index < -0.39 is 6.04 Å². The number of hydrogen-bond acceptors (Lipinski definition) is 3. The number of nitrogens with two attached hydrogens (primary N) is 1. The van der Waals surface area contributed by atoms with Crippen LogP contribution in [0.4, 0.5) is 0 Å². The van der Waals surface area contributed by atoms with Crippen molar-refractivity contribution in [1.82, 2.24) is 0 Å². The SMILES string of the molecule is Cc1cccc2cc(C(N)c3ccc(Cl)o3)oc12. The fourth-order valence-corrected chi connectivity index (χ4v) is 2.17. The number of aryl methyl sites for hydroxylation is 1. The number of furan rings is 2. The van der Waals surface area contributed by atoms with Gasteiger partial charge in [0.05, 0.1) is 0 Å². The standard InChI is InChI=1S/C14H12ClNO2/c1-8-3-2-4-9-7-11(18-14(8)9)13(16)10-5-6-12(15)17-10/h2-7,13H,16H2,1H3. The lowest BCUT2D eigenvalue weighted by Gasteiger charge is -2.04. The molecule has 0 amide bonds. The molecule has 92 valence electrons. The molecule has 2 aromatic heterocycles. The van der Waals surface area contributed by atoms with Gasteiger partial charge in [-0.05, 0) is 42.3 Å². The molecule has 3 nitrogen and oxygen atoms in total. The fraction of sp³-hybridized carbons (Fsp3) is 0.143. The van der Waals surface area contributed by atoms with E-state index >= 15 is 0 Å². The van der Waals surface area contributed by atoms with E-state index in [9.17, 15) is 0 Å². The first-order chi connectivity index (χ1) is 8.65. The molecule has 0 bridgehead atoms. The maximum absolute atomic E-state index is 6.10. The summed E-state index contributed by atoms with van der Waals surface area (Å²) in [5.74, 6) is 1.27. The van der Waals surface area contributed by atoms with Gasteiger partial charge >= 0.3 is 0 Å². The number of benzene rings is 1. The van der Waals surface area contributed by atoms with Gasteiger partial charge in [-0.25, -0.2) is 0 Å². The van der Waals surface area contributed by atoms with Gasteiger partial charge in [-0.3, -0.25) is 0 Å². The molecule has 3 aromatic rings. The third-order valence-corrected chi connectivity index (χ3v) is 3.17. The van der Waals surface area contributed by atoms with Crippen LogP contribution in [0.3, 0.4) is 0 Å². The van der Waals surface area contributed by atoms with Crippen LogP contribution in [0.1, 0.15) is 23.1 Å². The average molecular weight is 262 g/mol. The molecule has 1 atom stereocenters. The van der Waals surface area contributed by atoms with Crippen LogP contribution in [-0.4, -0.2) is 0 Å². The molecule has 0 saturated heterocycles. The summed E-state index contributed by atoms with van der Waals surface area (Å²) in [5.41, 5.74) is 8.05. The second kappa shape index (κ2) is 4.19. The molecule has 0 spiro atoms. The van der Waals surface area contributed by atoms with Gasteiger partial charge in [0.1, 0.15) is 23.1 Å². The summed E-state index contributed by atoms with van der Waals surface area (Å²) in [7, 11) is 0. The lowest BCUT2D eigenvalue weighted by molar-refractivity contribution is 0.446. The molecule has 0 aliphatic heterocycles. The van der Waals surface area contributed by atoms with Gasteiger partial charge in [0.25, 0.3) is 0 Å². The lowest BCUT2D eigenvalue weighted by atomic mass is 10.1. The molecule has 0 aliphatic carbocycles. The highest BCUT2D eigenvalue weighted by atomic mass is 35.5. The van der Waals surface area contributed by atoms with Crippen molar-refractivity contribution in [2.45, 2.75) is 13.0 Å². The number of fused-ring (bicyclic) bond motifs is 1. The summed E-state index contributed by atoms with van der Waals surface area (Å²) in [6.45, 7) is 2.00. The second-order valence-corrected chi connectivity index (χ2v) is 4.63. The van der Waals surface area contributed by atoms with E-state index in [0.29, 0.717) is 16.7 Å². The van der Waals surface area contributed by atoms with Gasteiger partial charge < -0.3 is 14.6 Å². The number of para-hydroxylation sites is 1. The number of halogens is 1. The van der Waals surface area contributed by atoms with E-state index in [4.69, 9.17) is 26.2 Å². The fourth-order valence-electron chi connectivity index (χ4n) is 2.02. The van der Waals surface area contributed by atoms with Crippen molar-refractivity contribution in [2.75, 3.05) is 0 Å². The van der Waals surface area contributed by atoms with Crippen molar-refractivity contribution in [3.63, 3.8) is 0 Å². The van der Waals surface area contributed by atoms with Crippen LogP contribution in [0.15, 0.2) is 45.2 Å². The van der Waals surface area contributed by atoms with Crippen molar-refractivity contribution in [1.29, 1.82) is 0 Å². The molecule has 1 aromatic carbocycles. The lowest BCUT2D eigenvalue weighted by Crippen LogP contribution is -2.09. The van der Waals surface area contributed by atoms with E-state index in [1.165, 1.54) is 0 Å². The normalized spacial score (nSPS) is 13.1. The van der Waals surface area contributed by atoms with Crippen molar-refractivity contribution >= 4 is 22.6 Å². The Morgan fingerprint density at radius 1 is 1.11 bits per heavy atom. The van der Waals surface area contributed by atoms with Crippen LogP contribution in [-0.2, 0) is 0 Å². The Morgan fingerprint density at radius 2 is 1.94 bits per heavy atom. The van der Waals surface area contributed by atoms with Gasteiger partial charge in [0.2, 0.25) is 0 Å². The Hall–Kier alpha value is -1.71. The van der Waals surface area contributed by atoms with Crippen molar-refractivity contribution in [3.05, 3.63) is 58.7 Å². The Labute approximate surface area is 109 Å². The van der Waals surface area contributed by atoms with Crippen LogP contribution >= 0.6 is 11.6 Å². The predicted molar refractivity (Wildman–Crippen MR) is 70.7 cm³/mol. The molecule has 0 aliphatic rings. The van der Waals surface area contributed by atoms with E-state index in [1.807, 2.05) is 31.2 Å². The predicted octanol–water partition coefficient (Wildman–Crippen LogP) is 4.04. The number of hydrogen-bond donors (Lipinski definition) is 1. The molecule has 0 saturated carbocycles. The maximum Gasteiger partial charge on any atom is 0.193 e. The summed E-state index contributed by atoms with van der Waals surface area (Å²) in [6.07, 6.45) is 0. The van der Waals surface area contributed by atoms with Gasteiger partial charge in [-0.1, -0.05) is 18.2 Å². The molecular formula is C14H12ClNO2. The van der Waals surface area contributed by atoms with E-state index in [1.54, 1.807) is 12.1 Å². The van der Waals surface area contributed by atoms with Crippen LogP contribution in [0.25, 0.3) is 11.0 Å². The summed E-state index contributed by atoms with van der Waals surface area (Å²) in [6, 6.07) is 10.9. The Morgan fingerprint density at radius 3 is 2.61 bits per heavy atom. The molecule has 2 heterocycles. The largest absolute Gasteiger partial charge is 0.459 e. The summed E-state index contributed by atoms with van der Waals surface area (Å²) in [5, 5.41) is 1.37. The van der Waals surface area contributed by atoms with Crippen LogP contribution in [0, 0.1) is 6.92 Å². The van der Waals surface area contributed by atoms with Crippen LogP contribution < -0.4 is 5.73 Å². The third-order valence-electron chi connectivity index (χ3n) is 2.97. The molecule has 2 N–H and O–H groups in total. The average Bonchev–Trinajstić information content (AvgIpc) is 2.95. The zero-order chi connectivity index (χ0) is 12.7. The highest BCUT2D eigenvalue weighted by molar-refractivity contribution is 6.28. The molecular weight excluding hydrogens is 250 g/mol. The van der Waals surface area contributed by atoms with Crippen molar-refractivity contribution in [2.24, 2.45) is 5.73 Å². The van der Waals surface area contributed by atoms with E-state index in [-0.39, 0.29) is 0 Å². The summed E-state index contributed by atoms with van der Waals surface area (Å²) >= 11 is 5.74. The zero-order valence-corrected chi connectivity index (χ0v) is 10.6. The van der Waals surface area contributed by atoms with Gasteiger partial charge in [-0.15, -0.1) is 0 Å². The molecule has 4 heteroatoms. The first-order valence-electron chi connectivity index (χ1n) is 5.65. The van der Waals surface area contributed by atoms with Crippen molar-refractivity contribution < 1.29 is 8.83 Å².